The molecule has 0 bridgehead atoms. The van der Waals surface area contributed by atoms with Gasteiger partial charge in [-0.15, -0.1) is 0 Å². The third kappa shape index (κ3) is 1.59. The molecule has 76 valence electrons. The highest BCUT2D eigenvalue weighted by Crippen LogP contribution is 2.12. The van der Waals surface area contributed by atoms with Crippen LogP contribution in [0.5, 0.6) is 0 Å². The number of para-hydroxylation sites is 1. The van der Waals surface area contributed by atoms with Crippen LogP contribution in [0.2, 0.25) is 0 Å². The molecule has 5 heteroatoms. The summed E-state index contributed by atoms with van der Waals surface area (Å²) in [4.78, 5) is 28.6. The van der Waals surface area contributed by atoms with Crippen molar-refractivity contribution in [3.8, 4) is 0 Å². The molecule has 2 rings (SSSR count). The van der Waals surface area contributed by atoms with E-state index in [4.69, 9.17) is 0 Å². The lowest BCUT2D eigenvalue weighted by atomic mass is 10.2. The Labute approximate surface area is 84.7 Å². The number of nitrogens with zero attached hydrogens (tertiary/aromatic N) is 1. The van der Waals surface area contributed by atoms with Crippen LogP contribution in [0, 0.1) is 0 Å². The number of hydrogen-bond acceptors (Lipinski definition) is 4. The summed E-state index contributed by atoms with van der Waals surface area (Å²) < 4.78 is 4.55. The van der Waals surface area contributed by atoms with Crippen molar-refractivity contribution >= 4 is 16.9 Å². The first-order valence-electron chi connectivity index (χ1n) is 4.30. The van der Waals surface area contributed by atoms with Crippen LogP contribution >= 0.6 is 0 Å². The van der Waals surface area contributed by atoms with Gasteiger partial charge in [0.1, 0.15) is 0 Å². The Hall–Kier alpha value is -2.17. The number of esters is 1. The second-order valence-electron chi connectivity index (χ2n) is 2.93. The Morgan fingerprint density at radius 3 is 2.87 bits per heavy atom. The van der Waals surface area contributed by atoms with E-state index < -0.39 is 11.7 Å². The number of aromatic amines is 1. The van der Waals surface area contributed by atoms with E-state index in [0.717, 1.165) is 0 Å². The summed E-state index contributed by atoms with van der Waals surface area (Å²) in [6.07, 6.45) is 0. The number of ether oxygens (including phenoxy) is 1. The van der Waals surface area contributed by atoms with Crippen molar-refractivity contribution < 1.29 is 9.53 Å². The minimum absolute atomic E-state index is 0.0388. The SMILES string of the molecule is COC(=O)c1nc(=O)[nH]c2ccccc12. The van der Waals surface area contributed by atoms with Gasteiger partial charge in [0.15, 0.2) is 5.69 Å². The highest BCUT2D eigenvalue weighted by Gasteiger charge is 2.12. The van der Waals surface area contributed by atoms with Gasteiger partial charge in [0.25, 0.3) is 0 Å². The van der Waals surface area contributed by atoms with E-state index in [9.17, 15) is 9.59 Å². The van der Waals surface area contributed by atoms with Crippen molar-refractivity contribution in [3.63, 3.8) is 0 Å². The quantitative estimate of drug-likeness (QED) is 0.694. The van der Waals surface area contributed by atoms with E-state index >= 15 is 0 Å². The van der Waals surface area contributed by atoms with Crippen molar-refractivity contribution in [2.45, 2.75) is 0 Å². The predicted molar refractivity (Wildman–Crippen MR) is 53.7 cm³/mol. The summed E-state index contributed by atoms with van der Waals surface area (Å²) in [5.74, 6) is -0.614. The van der Waals surface area contributed by atoms with Gasteiger partial charge in [-0.2, -0.15) is 4.98 Å². The molecule has 0 saturated heterocycles. The summed E-state index contributed by atoms with van der Waals surface area (Å²) in [6.45, 7) is 0. The number of carbonyl (C=O) groups is 1. The molecule has 1 aromatic carbocycles. The molecular weight excluding hydrogens is 196 g/mol. The Bertz CT molecular complexity index is 574. The first-order chi connectivity index (χ1) is 7.22. The average Bonchev–Trinajstić information content (AvgIpc) is 2.26. The first kappa shape index (κ1) is 9.39. The van der Waals surface area contributed by atoms with Crippen molar-refractivity contribution in [1.82, 2.24) is 9.97 Å². The maximum Gasteiger partial charge on any atom is 0.357 e. The average molecular weight is 204 g/mol. The lowest BCUT2D eigenvalue weighted by Gasteiger charge is -2.02. The summed E-state index contributed by atoms with van der Waals surface area (Å²) in [6, 6.07) is 6.92. The molecule has 15 heavy (non-hydrogen) atoms. The van der Waals surface area contributed by atoms with Crippen LogP contribution < -0.4 is 5.69 Å². The van der Waals surface area contributed by atoms with Gasteiger partial charge in [0.05, 0.1) is 12.6 Å². The van der Waals surface area contributed by atoms with Gasteiger partial charge >= 0.3 is 11.7 Å². The van der Waals surface area contributed by atoms with E-state index in [0.29, 0.717) is 10.9 Å². The molecule has 0 unspecified atom stereocenters. The first-order valence-corrected chi connectivity index (χ1v) is 4.30. The standard InChI is InChI=1S/C10H8N2O3/c1-15-9(13)8-6-4-2-3-5-7(6)11-10(14)12-8/h2-5H,1H3,(H,11,12,14). The number of rotatable bonds is 1. The number of benzene rings is 1. The Balaban J connectivity index is 2.82. The minimum atomic E-state index is -0.614. The molecular formula is C10H8N2O3. The molecule has 0 aliphatic heterocycles. The molecule has 0 radical (unpaired) electrons. The number of fused-ring (bicyclic) bond motifs is 1. The number of aromatic nitrogens is 2. The number of nitrogens with one attached hydrogen (secondary N) is 1. The van der Waals surface area contributed by atoms with Gasteiger partial charge in [0.2, 0.25) is 0 Å². The monoisotopic (exact) mass is 204 g/mol. The van der Waals surface area contributed by atoms with Crippen LogP contribution in [0.1, 0.15) is 10.5 Å². The topological polar surface area (TPSA) is 72.0 Å². The van der Waals surface area contributed by atoms with Crippen molar-refractivity contribution in [2.24, 2.45) is 0 Å². The molecule has 2 aromatic rings. The fraction of sp³-hybridized carbons (Fsp3) is 0.100. The fourth-order valence-corrected chi connectivity index (χ4v) is 1.36. The van der Waals surface area contributed by atoms with Crippen LogP contribution in [0.3, 0.4) is 0 Å². The second-order valence-corrected chi connectivity index (χ2v) is 2.93. The van der Waals surface area contributed by atoms with Crippen LogP contribution in [0.4, 0.5) is 0 Å². The summed E-state index contributed by atoms with van der Waals surface area (Å²) in [5, 5.41) is 0.573. The number of H-pyrrole nitrogens is 1. The fourth-order valence-electron chi connectivity index (χ4n) is 1.36. The van der Waals surface area contributed by atoms with Crippen LogP contribution in [-0.4, -0.2) is 23.0 Å². The maximum atomic E-state index is 11.3. The van der Waals surface area contributed by atoms with E-state index in [1.54, 1.807) is 24.3 Å². The molecule has 1 N–H and O–H groups in total. The molecule has 0 aliphatic rings. The van der Waals surface area contributed by atoms with Crippen LogP contribution in [-0.2, 0) is 4.74 Å². The minimum Gasteiger partial charge on any atom is -0.464 e. The van der Waals surface area contributed by atoms with Gasteiger partial charge in [-0.1, -0.05) is 18.2 Å². The summed E-state index contributed by atoms with van der Waals surface area (Å²) in [7, 11) is 1.25. The third-order valence-electron chi connectivity index (χ3n) is 2.02. The maximum absolute atomic E-state index is 11.3. The van der Waals surface area contributed by atoms with Gasteiger partial charge in [-0.25, -0.2) is 9.59 Å². The van der Waals surface area contributed by atoms with Crippen LogP contribution in [0.25, 0.3) is 10.9 Å². The van der Waals surface area contributed by atoms with Gasteiger partial charge in [-0.05, 0) is 6.07 Å². The Kier molecular flexibility index (Phi) is 2.21. The molecule has 0 aliphatic carbocycles. The Morgan fingerprint density at radius 2 is 2.13 bits per heavy atom. The van der Waals surface area contributed by atoms with Crippen LogP contribution in [0.15, 0.2) is 29.1 Å². The largest absolute Gasteiger partial charge is 0.464 e. The highest BCUT2D eigenvalue weighted by molar-refractivity contribution is 6.01. The zero-order chi connectivity index (χ0) is 10.8. The molecule has 1 heterocycles. The zero-order valence-electron chi connectivity index (χ0n) is 7.98. The van der Waals surface area contributed by atoms with Gasteiger partial charge in [-0.3, -0.25) is 0 Å². The smallest absolute Gasteiger partial charge is 0.357 e. The molecule has 1 aromatic heterocycles. The van der Waals surface area contributed by atoms with Crippen molar-refractivity contribution in [2.75, 3.05) is 7.11 Å². The van der Waals surface area contributed by atoms with E-state index in [1.807, 2.05) is 0 Å². The van der Waals surface area contributed by atoms with E-state index in [1.165, 1.54) is 7.11 Å². The predicted octanol–water partition coefficient (Wildman–Crippen LogP) is 0.710. The summed E-state index contributed by atoms with van der Waals surface area (Å²) in [5.41, 5.74) is 0.0452. The third-order valence-corrected chi connectivity index (χ3v) is 2.02. The molecule has 0 amide bonds. The molecule has 0 saturated carbocycles. The van der Waals surface area contributed by atoms with Gasteiger partial charge in [0, 0.05) is 5.39 Å². The van der Waals surface area contributed by atoms with Gasteiger partial charge < -0.3 is 9.72 Å². The second kappa shape index (κ2) is 3.53. The number of hydrogen-bond donors (Lipinski definition) is 1. The molecule has 5 nitrogen and oxygen atoms in total. The van der Waals surface area contributed by atoms with E-state index in [-0.39, 0.29) is 5.69 Å². The number of carbonyl (C=O) groups excluding carboxylic acids is 1. The number of methoxy groups -OCH3 is 1. The lowest BCUT2D eigenvalue weighted by molar-refractivity contribution is 0.0596. The molecule has 0 spiro atoms. The van der Waals surface area contributed by atoms with E-state index in [2.05, 4.69) is 14.7 Å². The Morgan fingerprint density at radius 1 is 1.40 bits per heavy atom. The molecule has 0 fully saturated rings. The lowest BCUT2D eigenvalue weighted by Crippen LogP contribution is -2.17. The summed E-state index contributed by atoms with van der Waals surface area (Å²) >= 11 is 0. The highest BCUT2D eigenvalue weighted by atomic mass is 16.5. The zero-order valence-corrected chi connectivity index (χ0v) is 7.98. The molecule has 0 atom stereocenters. The van der Waals surface area contributed by atoms with Crippen molar-refractivity contribution in [3.05, 3.63) is 40.4 Å². The van der Waals surface area contributed by atoms with Crippen molar-refractivity contribution in [1.29, 1.82) is 0 Å². The normalized spacial score (nSPS) is 10.2.